The van der Waals surface area contributed by atoms with E-state index in [-0.39, 0.29) is 24.5 Å². The van der Waals surface area contributed by atoms with E-state index < -0.39 is 0 Å². The molecule has 0 aliphatic carbocycles. The number of rotatable bonds is 5. The maximum atomic E-state index is 11.7. The molecule has 0 fully saturated rings. The monoisotopic (exact) mass is 257 g/mol. The first-order chi connectivity index (χ1) is 9.15. The minimum Gasteiger partial charge on any atom is -0.461 e. The van der Waals surface area contributed by atoms with E-state index in [4.69, 9.17) is 4.42 Å². The maximum absolute atomic E-state index is 11.7. The first-order valence-corrected chi connectivity index (χ1v) is 6.08. The summed E-state index contributed by atoms with van der Waals surface area (Å²) < 4.78 is 4.98. The fourth-order valence-corrected chi connectivity index (χ4v) is 1.73. The molecule has 0 spiro atoms. The lowest BCUT2D eigenvalue weighted by molar-refractivity contribution is -0.116. The zero-order chi connectivity index (χ0) is 13.7. The molecule has 1 aromatic carbocycles. The zero-order valence-electron chi connectivity index (χ0n) is 10.7. The van der Waals surface area contributed by atoms with Crippen molar-refractivity contribution in [3.63, 3.8) is 0 Å². The van der Waals surface area contributed by atoms with Gasteiger partial charge in [0.25, 0.3) is 0 Å². The molecule has 2 rings (SSSR count). The fourth-order valence-electron chi connectivity index (χ4n) is 1.73. The molecule has 0 saturated carbocycles. The largest absolute Gasteiger partial charge is 0.461 e. The molecule has 0 aliphatic heterocycles. The third-order valence-corrected chi connectivity index (χ3v) is 2.68. The molecule has 1 N–H and O–H groups in total. The minimum absolute atomic E-state index is 0.144. The van der Waals surface area contributed by atoms with E-state index in [1.807, 2.05) is 31.2 Å². The van der Waals surface area contributed by atoms with Gasteiger partial charge in [-0.05, 0) is 36.8 Å². The van der Waals surface area contributed by atoms with Crippen molar-refractivity contribution in [1.82, 2.24) is 0 Å². The van der Waals surface area contributed by atoms with Crippen LogP contribution in [-0.2, 0) is 4.79 Å². The summed E-state index contributed by atoms with van der Waals surface area (Å²) >= 11 is 0. The highest BCUT2D eigenvalue weighted by Gasteiger charge is 2.11. The second-order valence-corrected chi connectivity index (χ2v) is 4.32. The Hall–Kier alpha value is -2.36. The van der Waals surface area contributed by atoms with Crippen LogP contribution in [0.2, 0.25) is 0 Å². The number of amides is 1. The SMILES string of the molecule is Cc1cccc(NC(=O)CCC(=O)c2ccco2)c1. The Labute approximate surface area is 111 Å². The van der Waals surface area contributed by atoms with Crippen molar-refractivity contribution in [3.05, 3.63) is 54.0 Å². The predicted molar refractivity (Wildman–Crippen MR) is 72.1 cm³/mol. The second kappa shape index (κ2) is 6.00. The molecule has 0 atom stereocenters. The lowest BCUT2D eigenvalue weighted by Crippen LogP contribution is -2.13. The first kappa shape index (κ1) is 13.1. The van der Waals surface area contributed by atoms with Gasteiger partial charge in [0.2, 0.25) is 5.91 Å². The van der Waals surface area contributed by atoms with Crippen LogP contribution in [0, 0.1) is 6.92 Å². The Morgan fingerprint density at radius 2 is 2.00 bits per heavy atom. The topological polar surface area (TPSA) is 59.3 Å². The zero-order valence-corrected chi connectivity index (χ0v) is 10.7. The van der Waals surface area contributed by atoms with E-state index in [2.05, 4.69) is 5.32 Å². The molecule has 0 saturated heterocycles. The molecule has 98 valence electrons. The third kappa shape index (κ3) is 3.81. The number of aryl methyl sites for hydroxylation is 1. The number of anilines is 1. The van der Waals surface area contributed by atoms with Gasteiger partial charge in [0.15, 0.2) is 11.5 Å². The predicted octanol–water partition coefficient (Wildman–Crippen LogP) is 3.19. The summed E-state index contributed by atoms with van der Waals surface area (Å²) in [6, 6.07) is 10.8. The lowest BCUT2D eigenvalue weighted by Gasteiger charge is -2.05. The van der Waals surface area contributed by atoms with Crippen molar-refractivity contribution in [3.8, 4) is 0 Å². The van der Waals surface area contributed by atoms with Gasteiger partial charge in [0.1, 0.15) is 0 Å². The van der Waals surface area contributed by atoms with Crippen LogP contribution in [0.1, 0.15) is 29.0 Å². The molecular formula is C15H15NO3. The van der Waals surface area contributed by atoms with Crippen LogP contribution in [0.25, 0.3) is 0 Å². The van der Waals surface area contributed by atoms with Crippen LogP contribution >= 0.6 is 0 Å². The van der Waals surface area contributed by atoms with E-state index in [0.717, 1.165) is 11.3 Å². The molecule has 1 amide bonds. The molecule has 4 nitrogen and oxygen atoms in total. The van der Waals surface area contributed by atoms with E-state index >= 15 is 0 Å². The molecule has 4 heteroatoms. The smallest absolute Gasteiger partial charge is 0.224 e. The van der Waals surface area contributed by atoms with E-state index in [9.17, 15) is 9.59 Å². The average Bonchev–Trinajstić information content (AvgIpc) is 2.90. The Kier molecular flexibility index (Phi) is 4.13. The van der Waals surface area contributed by atoms with Gasteiger partial charge in [-0.3, -0.25) is 9.59 Å². The summed E-state index contributed by atoms with van der Waals surface area (Å²) in [7, 11) is 0. The average molecular weight is 257 g/mol. The van der Waals surface area contributed by atoms with Crippen molar-refractivity contribution in [2.45, 2.75) is 19.8 Å². The number of carbonyl (C=O) groups excluding carboxylic acids is 2. The maximum Gasteiger partial charge on any atom is 0.224 e. The number of hydrogen-bond acceptors (Lipinski definition) is 3. The van der Waals surface area contributed by atoms with Gasteiger partial charge in [0.05, 0.1) is 6.26 Å². The molecule has 1 heterocycles. The Bertz CT molecular complexity index is 573. The van der Waals surface area contributed by atoms with Gasteiger partial charge in [-0.15, -0.1) is 0 Å². The summed E-state index contributed by atoms with van der Waals surface area (Å²) in [5.41, 5.74) is 1.82. The summed E-state index contributed by atoms with van der Waals surface area (Å²) in [6.07, 6.45) is 1.73. The number of benzene rings is 1. The normalized spacial score (nSPS) is 10.2. The summed E-state index contributed by atoms with van der Waals surface area (Å²) in [5, 5.41) is 2.76. The molecule has 1 aromatic heterocycles. The van der Waals surface area contributed by atoms with Gasteiger partial charge in [-0.25, -0.2) is 0 Å². The van der Waals surface area contributed by atoms with Crippen molar-refractivity contribution in [2.24, 2.45) is 0 Å². The molecule has 0 radical (unpaired) electrons. The number of ketones is 1. The number of Topliss-reactive ketones (excluding diaryl/α,β-unsaturated/α-hetero) is 1. The van der Waals surface area contributed by atoms with Gasteiger partial charge >= 0.3 is 0 Å². The van der Waals surface area contributed by atoms with E-state index in [1.54, 1.807) is 12.1 Å². The van der Waals surface area contributed by atoms with Crippen molar-refractivity contribution >= 4 is 17.4 Å². The Balaban J connectivity index is 1.83. The van der Waals surface area contributed by atoms with Crippen LogP contribution in [0.15, 0.2) is 47.1 Å². The van der Waals surface area contributed by atoms with Crippen LogP contribution < -0.4 is 5.32 Å². The van der Waals surface area contributed by atoms with Crippen LogP contribution in [-0.4, -0.2) is 11.7 Å². The van der Waals surface area contributed by atoms with E-state index in [0.29, 0.717) is 5.76 Å². The summed E-state index contributed by atoms with van der Waals surface area (Å²) in [6.45, 7) is 1.95. The quantitative estimate of drug-likeness (QED) is 0.837. The number of hydrogen-bond donors (Lipinski definition) is 1. The summed E-state index contributed by atoms with van der Waals surface area (Å²) in [5.74, 6) is -0.0433. The molecular weight excluding hydrogens is 242 g/mol. The van der Waals surface area contributed by atoms with Crippen LogP contribution in [0.5, 0.6) is 0 Å². The highest BCUT2D eigenvalue weighted by molar-refractivity contribution is 5.98. The Morgan fingerprint density at radius 1 is 1.16 bits per heavy atom. The van der Waals surface area contributed by atoms with Gasteiger partial charge in [0, 0.05) is 18.5 Å². The molecule has 2 aromatic rings. The van der Waals surface area contributed by atoms with Crippen molar-refractivity contribution in [1.29, 1.82) is 0 Å². The van der Waals surface area contributed by atoms with Crippen LogP contribution in [0.3, 0.4) is 0 Å². The summed E-state index contributed by atoms with van der Waals surface area (Å²) in [4.78, 5) is 23.3. The standard InChI is InChI=1S/C15H15NO3/c1-11-4-2-5-12(10-11)16-15(18)8-7-13(17)14-6-3-9-19-14/h2-6,9-10H,7-8H2,1H3,(H,16,18). The van der Waals surface area contributed by atoms with Crippen molar-refractivity contribution in [2.75, 3.05) is 5.32 Å². The van der Waals surface area contributed by atoms with Crippen LogP contribution in [0.4, 0.5) is 5.69 Å². The van der Waals surface area contributed by atoms with E-state index in [1.165, 1.54) is 6.26 Å². The Morgan fingerprint density at radius 3 is 2.68 bits per heavy atom. The van der Waals surface area contributed by atoms with Gasteiger partial charge in [-0.2, -0.15) is 0 Å². The highest BCUT2D eigenvalue weighted by Crippen LogP contribution is 2.11. The lowest BCUT2D eigenvalue weighted by atomic mass is 10.1. The third-order valence-electron chi connectivity index (χ3n) is 2.68. The number of carbonyl (C=O) groups is 2. The highest BCUT2D eigenvalue weighted by atomic mass is 16.3. The van der Waals surface area contributed by atoms with Gasteiger partial charge in [-0.1, -0.05) is 12.1 Å². The number of furan rings is 1. The molecule has 19 heavy (non-hydrogen) atoms. The first-order valence-electron chi connectivity index (χ1n) is 6.08. The molecule has 0 bridgehead atoms. The number of nitrogens with one attached hydrogen (secondary N) is 1. The molecule has 0 aliphatic rings. The second-order valence-electron chi connectivity index (χ2n) is 4.32. The fraction of sp³-hybridized carbons (Fsp3) is 0.200. The van der Waals surface area contributed by atoms with Crippen molar-refractivity contribution < 1.29 is 14.0 Å². The van der Waals surface area contributed by atoms with Gasteiger partial charge < -0.3 is 9.73 Å². The minimum atomic E-state index is -0.175. The molecule has 0 unspecified atom stereocenters.